The molecule has 0 aromatic rings. The summed E-state index contributed by atoms with van der Waals surface area (Å²) in [7, 11) is -4.38. The topological polar surface area (TPSA) is 131 Å². The Kier molecular flexibility index (Phi) is 22.7. The summed E-state index contributed by atoms with van der Waals surface area (Å²) in [6.07, 6.45) is 15.0. The zero-order valence-electron chi connectivity index (χ0n) is 22.0. The number of esters is 1. The molecule has 0 saturated carbocycles. The van der Waals surface area contributed by atoms with E-state index in [9.17, 15) is 24.2 Å². The second kappa shape index (κ2) is 23.4. The van der Waals surface area contributed by atoms with Crippen LogP contribution >= 0.6 is 7.82 Å². The summed E-state index contributed by atoms with van der Waals surface area (Å²) in [5.74, 6) is -0.530. The Morgan fingerprint density at radius 3 is 1.86 bits per heavy atom. The van der Waals surface area contributed by atoms with Crippen molar-refractivity contribution in [1.29, 1.82) is 0 Å². The fraction of sp³-hybridized carbons (Fsp3) is 0.920. The molecule has 0 aromatic heterocycles. The molecule has 0 aliphatic heterocycles. The smallest absolute Gasteiger partial charge is 0.463 e. The fourth-order valence-corrected chi connectivity index (χ4v) is 4.19. The highest BCUT2D eigenvalue weighted by molar-refractivity contribution is 7.47. The summed E-state index contributed by atoms with van der Waals surface area (Å²) >= 11 is 0. The first-order valence-electron chi connectivity index (χ1n) is 13.5. The van der Waals surface area contributed by atoms with Crippen molar-refractivity contribution >= 4 is 19.7 Å². The molecule has 2 atom stereocenters. The molecule has 0 spiro atoms. The molecule has 2 unspecified atom stereocenters. The van der Waals surface area contributed by atoms with E-state index in [0.717, 1.165) is 44.9 Å². The van der Waals surface area contributed by atoms with Crippen LogP contribution in [-0.4, -0.2) is 54.3 Å². The van der Waals surface area contributed by atoms with Gasteiger partial charge in [0.25, 0.3) is 0 Å². The SMILES string of the molecule is CCCCCCCCCCC(=O)NCCOP(=O)(O)OCC(O)COC(=O)CCCCCCCC. The molecule has 9 nitrogen and oxygen atoms in total. The third-order valence-corrected chi connectivity index (χ3v) is 6.52. The van der Waals surface area contributed by atoms with E-state index in [0.29, 0.717) is 6.42 Å². The molecule has 0 heterocycles. The average molecular weight is 524 g/mol. The van der Waals surface area contributed by atoms with Crippen molar-refractivity contribution in [2.24, 2.45) is 0 Å². The van der Waals surface area contributed by atoms with Crippen LogP contribution in [0.2, 0.25) is 0 Å². The summed E-state index contributed by atoms with van der Waals surface area (Å²) in [5.41, 5.74) is 0. The van der Waals surface area contributed by atoms with E-state index in [-0.39, 0.29) is 32.1 Å². The van der Waals surface area contributed by atoms with Gasteiger partial charge in [-0.2, -0.15) is 0 Å². The monoisotopic (exact) mass is 523 g/mol. The van der Waals surface area contributed by atoms with Crippen molar-refractivity contribution < 1.29 is 37.9 Å². The van der Waals surface area contributed by atoms with Crippen molar-refractivity contribution in [3.63, 3.8) is 0 Å². The molecule has 0 fully saturated rings. The maximum atomic E-state index is 11.9. The molecule has 208 valence electrons. The lowest BCUT2D eigenvalue weighted by molar-refractivity contribution is -0.147. The van der Waals surface area contributed by atoms with Gasteiger partial charge in [0.15, 0.2) is 0 Å². The molecule has 10 heteroatoms. The van der Waals surface area contributed by atoms with Crippen LogP contribution in [0, 0.1) is 0 Å². The number of phosphoric ester groups is 1. The Hall–Kier alpha value is -0.990. The first kappa shape index (κ1) is 34.0. The van der Waals surface area contributed by atoms with Gasteiger partial charge in [0.05, 0.1) is 13.2 Å². The summed E-state index contributed by atoms with van der Waals surface area (Å²) in [4.78, 5) is 33.1. The highest BCUT2D eigenvalue weighted by Crippen LogP contribution is 2.42. The highest BCUT2D eigenvalue weighted by Gasteiger charge is 2.23. The van der Waals surface area contributed by atoms with Crippen LogP contribution in [-0.2, 0) is 27.9 Å². The number of aliphatic hydroxyl groups is 1. The van der Waals surface area contributed by atoms with Gasteiger partial charge in [-0.05, 0) is 12.8 Å². The minimum atomic E-state index is -4.38. The third kappa shape index (κ3) is 24.5. The number of unbranched alkanes of at least 4 members (excludes halogenated alkanes) is 12. The lowest BCUT2D eigenvalue weighted by Gasteiger charge is -2.15. The van der Waals surface area contributed by atoms with Crippen molar-refractivity contribution in [1.82, 2.24) is 5.32 Å². The van der Waals surface area contributed by atoms with Crippen LogP contribution in [0.3, 0.4) is 0 Å². The molecular weight excluding hydrogens is 473 g/mol. The minimum Gasteiger partial charge on any atom is -0.463 e. The van der Waals surface area contributed by atoms with Crippen molar-refractivity contribution in [2.75, 3.05) is 26.4 Å². The maximum absolute atomic E-state index is 11.9. The highest BCUT2D eigenvalue weighted by atomic mass is 31.2. The number of ether oxygens (including phenoxy) is 1. The predicted octanol–water partition coefficient (Wildman–Crippen LogP) is 5.42. The van der Waals surface area contributed by atoms with Gasteiger partial charge >= 0.3 is 13.8 Å². The number of nitrogens with one attached hydrogen (secondary N) is 1. The summed E-state index contributed by atoms with van der Waals surface area (Å²) < 4.78 is 26.4. The van der Waals surface area contributed by atoms with Gasteiger partial charge in [-0.1, -0.05) is 90.9 Å². The van der Waals surface area contributed by atoms with E-state index in [4.69, 9.17) is 13.8 Å². The molecule has 0 saturated heterocycles. The molecule has 0 radical (unpaired) electrons. The number of aliphatic hydroxyl groups excluding tert-OH is 1. The van der Waals surface area contributed by atoms with Gasteiger partial charge < -0.3 is 20.1 Å². The number of hydrogen-bond acceptors (Lipinski definition) is 7. The van der Waals surface area contributed by atoms with E-state index < -0.39 is 26.5 Å². The summed E-state index contributed by atoms with van der Waals surface area (Å²) in [6, 6.07) is 0. The molecule has 0 bridgehead atoms. The van der Waals surface area contributed by atoms with Crippen molar-refractivity contribution in [3.8, 4) is 0 Å². The van der Waals surface area contributed by atoms with Crippen LogP contribution in [0.25, 0.3) is 0 Å². The number of carbonyl (C=O) groups is 2. The normalized spacial score (nSPS) is 13.8. The van der Waals surface area contributed by atoms with Crippen LogP contribution in [0.15, 0.2) is 0 Å². The predicted molar refractivity (Wildman–Crippen MR) is 137 cm³/mol. The van der Waals surface area contributed by atoms with Crippen LogP contribution < -0.4 is 5.32 Å². The maximum Gasteiger partial charge on any atom is 0.472 e. The molecular formula is C25H50NO8P. The number of rotatable bonds is 25. The van der Waals surface area contributed by atoms with Gasteiger partial charge in [0, 0.05) is 19.4 Å². The van der Waals surface area contributed by atoms with Crippen LogP contribution in [0.5, 0.6) is 0 Å². The average Bonchev–Trinajstić information content (AvgIpc) is 2.83. The van der Waals surface area contributed by atoms with Gasteiger partial charge in [-0.25, -0.2) is 4.57 Å². The first-order chi connectivity index (χ1) is 16.8. The van der Waals surface area contributed by atoms with E-state index in [1.165, 1.54) is 44.9 Å². The Labute approximate surface area is 212 Å². The second-order valence-corrected chi connectivity index (χ2v) is 10.5. The van der Waals surface area contributed by atoms with E-state index in [1.807, 2.05) is 0 Å². The van der Waals surface area contributed by atoms with Gasteiger partial charge in [0.2, 0.25) is 5.91 Å². The number of hydrogen-bond donors (Lipinski definition) is 3. The Morgan fingerprint density at radius 2 is 1.29 bits per heavy atom. The number of phosphoric acid groups is 1. The summed E-state index contributed by atoms with van der Waals surface area (Å²) in [6.45, 7) is 3.41. The summed E-state index contributed by atoms with van der Waals surface area (Å²) in [5, 5.41) is 12.4. The first-order valence-corrected chi connectivity index (χ1v) is 15.0. The quantitative estimate of drug-likeness (QED) is 0.0821. The van der Waals surface area contributed by atoms with E-state index in [1.54, 1.807) is 0 Å². The van der Waals surface area contributed by atoms with Crippen LogP contribution in [0.1, 0.15) is 117 Å². The number of carbonyl (C=O) groups excluding carboxylic acids is 2. The van der Waals surface area contributed by atoms with Gasteiger partial charge in [-0.3, -0.25) is 18.6 Å². The molecule has 35 heavy (non-hydrogen) atoms. The molecule has 1 amide bonds. The van der Waals surface area contributed by atoms with Gasteiger partial charge in [-0.15, -0.1) is 0 Å². The Balaban J connectivity index is 3.71. The van der Waals surface area contributed by atoms with Gasteiger partial charge in [0.1, 0.15) is 12.7 Å². The standard InChI is InChI=1S/C25H50NO8P/c1-3-5-7-9-11-12-13-15-17-24(28)26-19-20-33-35(30,31)34-22-23(27)21-32-25(29)18-16-14-10-8-6-4-2/h23,27H,3-22H2,1-2H3,(H,26,28)(H,30,31). The Bertz CT molecular complexity index is 576. The zero-order chi connectivity index (χ0) is 26.2. The third-order valence-electron chi connectivity index (χ3n) is 5.54. The molecule has 3 N–H and O–H groups in total. The lowest BCUT2D eigenvalue weighted by atomic mass is 10.1. The molecule has 0 aromatic carbocycles. The fourth-order valence-electron chi connectivity index (χ4n) is 3.44. The lowest BCUT2D eigenvalue weighted by Crippen LogP contribution is -2.27. The molecule has 0 rings (SSSR count). The van der Waals surface area contributed by atoms with Crippen molar-refractivity contribution in [3.05, 3.63) is 0 Å². The number of amides is 1. The van der Waals surface area contributed by atoms with E-state index in [2.05, 4.69) is 19.2 Å². The molecule has 0 aliphatic carbocycles. The van der Waals surface area contributed by atoms with Crippen molar-refractivity contribution in [2.45, 2.75) is 123 Å². The largest absolute Gasteiger partial charge is 0.472 e. The second-order valence-electron chi connectivity index (χ2n) is 9.03. The Morgan fingerprint density at radius 1 is 0.771 bits per heavy atom. The molecule has 0 aliphatic rings. The van der Waals surface area contributed by atoms with E-state index >= 15 is 0 Å². The van der Waals surface area contributed by atoms with Crippen LogP contribution in [0.4, 0.5) is 0 Å². The minimum absolute atomic E-state index is 0.0857. The zero-order valence-corrected chi connectivity index (χ0v) is 22.9.